The van der Waals surface area contributed by atoms with Crippen LogP contribution in [0, 0.1) is 0 Å². The zero-order valence-electron chi connectivity index (χ0n) is 7.10. The number of rotatable bonds is 2. The van der Waals surface area contributed by atoms with E-state index < -0.39 is 0 Å². The van der Waals surface area contributed by atoms with E-state index in [0.29, 0.717) is 6.10 Å². The van der Waals surface area contributed by atoms with E-state index in [2.05, 4.69) is 26.5 Å². The summed E-state index contributed by atoms with van der Waals surface area (Å²) in [5, 5.41) is 3.28. The summed E-state index contributed by atoms with van der Waals surface area (Å²) in [6, 6.07) is 0. The number of piperidine rings is 1. The highest BCUT2D eigenvalue weighted by Gasteiger charge is 2.12. The van der Waals surface area contributed by atoms with Gasteiger partial charge in [0.25, 0.3) is 0 Å². The SMILES string of the molecule is CC.ISOC1CCCNC1. The fourth-order valence-electron chi connectivity index (χ4n) is 0.953. The predicted octanol–water partition coefficient (Wildman–Crippen LogP) is 2.78. The van der Waals surface area contributed by atoms with Crippen molar-refractivity contribution in [3.63, 3.8) is 0 Å². The monoisotopic (exact) mass is 289 g/mol. The lowest BCUT2D eigenvalue weighted by Gasteiger charge is -2.20. The molecular weight excluding hydrogens is 273 g/mol. The van der Waals surface area contributed by atoms with Gasteiger partial charge in [-0.25, -0.2) is 0 Å². The third-order valence-corrected chi connectivity index (χ3v) is 2.39. The lowest BCUT2D eigenvalue weighted by atomic mass is 10.1. The molecule has 0 aromatic rings. The summed E-state index contributed by atoms with van der Waals surface area (Å²) in [5.41, 5.74) is 0. The number of hydrogen-bond donors (Lipinski definition) is 1. The van der Waals surface area contributed by atoms with Crippen molar-refractivity contribution in [1.29, 1.82) is 0 Å². The quantitative estimate of drug-likeness (QED) is 0.624. The first kappa shape index (κ1) is 12.0. The Morgan fingerprint density at radius 3 is 2.73 bits per heavy atom. The lowest BCUT2D eigenvalue weighted by Crippen LogP contribution is -2.33. The molecule has 0 aromatic carbocycles. The van der Waals surface area contributed by atoms with E-state index in [4.69, 9.17) is 4.18 Å². The molecule has 1 N–H and O–H groups in total. The van der Waals surface area contributed by atoms with E-state index in [0.717, 1.165) is 13.1 Å². The van der Waals surface area contributed by atoms with Crippen LogP contribution in [0.1, 0.15) is 26.7 Å². The van der Waals surface area contributed by atoms with Crippen molar-refractivity contribution in [3.8, 4) is 0 Å². The lowest BCUT2D eigenvalue weighted by molar-refractivity contribution is 0.202. The van der Waals surface area contributed by atoms with Crippen LogP contribution in [0.15, 0.2) is 0 Å². The van der Waals surface area contributed by atoms with E-state index >= 15 is 0 Å². The van der Waals surface area contributed by atoms with Crippen LogP contribution in [0.3, 0.4) is 0 Å². The van der Waals surface area contributed by atoms with Crippen molar-refractivity contribution in [2.45, 2.75) is 32.8 Å². The third kappa shape index (κ3) is 6.19. The molecular formula is C7H16INOS. The summed E-state index contributed by atoms with van der Waals surface area (Å²) in [6.07, 6.45) is 2.91. The first-order chi connectivity index (χ1) is 5.43. The Bertz CT molecular complexity index is 76.1. The van der Waals surface area contributed by atoms with Crippen LogP contribution < -0.4 is 5.32 Å². The summed E-state index contributed by atoms with van der Waals surface area (Å²) in [7, 11) is 1.44. The number of hydrogen-bond acceptors (Lipinski definition) is 3. The average molecular weight is 289 g/mol. The Morgan fingerprint density at radius 2 is 2.27 bits per heavy atom. The minimum Gasteiger partial charge on any atom is -0.314 e. The first-order valence-corrected chi connectivity index (χ1v) is 7.36. The number of halogens is 1. The highest BCUT2D eigenvalue weighted by atomic mass is 127. The summed E-state index contributed by atoms with van der Waals surface area (Å²) in [5.74, 6) is 0. The second-order valence-electron chi connectivity index (χ2n) is 2.13. The van der Waals surface area contributed by atoms with Gasteiger partial charge in [0.15, 0.2) is 0 Å². The molecule has 1 saturated heterocycles. The molecule has 4 heteroatoms. The Hall–Kier alpha value is 1.00. The Kier molecular flexibility index (Phi) is 9.92. The molecule has 0 aromatic heterocycles. The van der Waals surface area contributed by atoms with Gasteiger partial charge in [0, 0.05) is 27.8 Å². The molecule has 0 bridgehead atoms. The van der Waals surface area contributed by atoms with E-state index in [-0.39, 0.29) is 0 Å². The zero-order valence-corrected chi connectivity index (χ0v) is 10.1. The van der Waals surface area contributed by atoms with E-state index in [1.165, 1.54) is 22.1 Å². The van der Waals surface area contributed by atoms with Crippen LogP contribution in [-0.4, -0.2) is 19.2 Å². The Morgan fingerprint density at radius 1 is 1.55 bits per heavy atom. The zero-order chi connectivity index (χ0) is 8.53. The molecule has 1 unspecified atom stereocenters. The predicted molar refractivity (Wildman–Crippen MR) is 59.9 cm³/mol. The molecule has 0 saturated carbocycles. The van der Waals surface area contributed by atoms with Gasteiger partial charge in [-0.15, -0.1) is 0 Å². The molecule has 1 atom stereocenters. The van der Waals surface area contributed by atoms with Gasteiger partial charge >= 0.3 is 0 Å². The van der Waals surface area contributed by atoms with Crippen LogP contribution in [0.25, 0.3) is 0 Å². The summed E-state index contributed by atoms with van der Waals surface area (Å²) >= 11 is 2.16. The highest BCUT2D eigenvalue weighted by Crippen LogP contribution is 2.19. The van der Waals surface area contributed by atoms with Gasteiger partial charge in [-0.05, 0) is 19.4 Å². The standard InChI is InChI=1S/C5H10INOS.C2H6/c6-9-8-5-2-1-3-7-4-5;1-2/h5,7H,1-4H2;1-2H3. The molecule has 1 aliphatic heterocycles. The maximum Gasteiger partial charge on any atom is 0.0856 e. The van der Waals surface area contributed by atoms with E-state index in [9.17, 15) is 0 Å². The van der Waals surface area contributed by atoms with Crippen molar-refractivity contribution >= 4 is 30.4 Å². The molecule has 1 fully saturated rings. The fourth-order valence-corrected chi connectivity index (χ4v) is 2.10. The van der Waals surface area contributed by atoms with Crippen molar-refractivity contribution in [2.24, 2.45) is 0 Å². The fraction of sp³-hybridized carbons (Fsp3) is 1.00. The maximum atomic E-state index is 5.32. The van der Waals surface area contributed by atoms with Gasteiger partial charge in [0.1, 0.15) is 0 Å². The normalized spacial score (nSPS) is 23.7. The van der Waals surface area contributed by atoms with Crippen LogP contribution in [-0.2, 0) is 4.18 Å². The molecule has 0 aliphatic carbocycles. The summed E-state index contributed by atoms with van der Waals surface area (Å²) in [6.45, 7) is 6.18. The van der Waals surface area contributed by atoms with Crippen LogP contribution in [0.2, 0.25) is 0 Å². The van der Waals surface area contributed by atoms with Crippen LogP contribution >= 0.6 is 30.4 Å². The molecule has 0 amide bonds. The average Bonchev–Trinajstić information content (AvgIpc) is 2.11. The molecule has 0 radical (unpaired) electrons. The summed E-state index contributed by atoms with van der Waals surface area (Å²) in [4.78, 5) is 0. The second-order valence-corrected chi connectivity index (χ2v) is 3.52. The molecule has 0 spiro atoms. The van der Waals surface area contributed by atoms with Crippen molar-refractivity contribution in [1.82, 2.24) is 5.32 Å². The summed E-state index contributed by atoms with van der Waals surface area (Å²) < 4.78 is 5.32. The van der Waals surface area contributed by atoms with Gasteiger partial charge in [-0.1, -0.05) is 13.8 Å². The largest absolute Gasteiger partial charge is 0.314 e. The highest BCUT2D eigenvalue weighted by molar-refractivity contribution is 14.2. The minimum absolute atomic E-state index is 0.445. The van der Waals surface area contributed by atoms with Crippen molar-refractivity contribution in [3.05, 3.63) is 0 Å². The van der Waals surface area contributed by atoms with Gasteiger partial charge in [-0.3, -0.25) is 0 Å². The smallest absolute Gasteiger partial charge is 0.0856 e. The van der Waals surface area contributed by atoms with Gasteiger partial charge < -0.3 is 9.50 Å². The van der Waals surface area contributed by atoms with Gasteiger partial charge in [0.2, 0.25) is 0 Å². The number of nitrogens with one attached hydrogen (secondary N) is 1. The Labute approximate surface area is 85.6 Å². The molecule has 11 heavy (non-hydrogen) atoms. The van der Waals surface area contributed by atoms with Gasteiger partial charge in [0.05, 0.1) is 15.3 Å². The molecule has 2 nitrogen and oxygen atoms in total. The van der Waals surface area contributed by atoms with Crippen molar-refractivity contribution < 1.29 is 4.18 Å². The molecule has 1 aliphatic rings. The topological polar surface area (TPSA) is 21.3 Å². The third-order valence-electron chi connectivity index (χ3n) is 1.42. The first-order valence-electron chi connectivity index (χ1n) is 4.08. The van der Waals surface area contributed by atoms with Crippen molar-refractivity contribution in [2.75, 3.05) is 13.1 Å². The minimum atomic E-state index is 0.445. The Balaban J connectivity index is 0.000000461. The van der Waals surface area contributed by atoms with Crippen LogP contribution in [0.5, 0.6) is 0 Å². The maximum absolute atomic E-state index is 5.32. The molecule has 1 rings (SSSR count). The van der Waals surface area contributed by atoms with E-state index in [1.807, 2.05) is 13.8 Å². The second kappa shape index (κ2) is 9.09. The van der Waals surface area contributed by atoms with E-state index in [1.54, 1.807) is 0 Å². The molecule has 1 heterocycles. The van der Waals surface area contributed by atoms with Crippen LogP contribution in [0.4, 0.5) is 0 Å². The van der Waals surface area contributed by atoms with Gasteiger partial charge in [-0.2, -0.15) is 0 Å². The molecule has 68 valence electrons.